The van der Waals surface area contributed by atoms with Gasteiger partial charge in [-0.05, 0) is 59.3 Å². The normalized spacial score (nSPS) is 12.0. The zero-order chi connectivity index (χ0) is 36.0. The highest BCUT2D eigenvalue weighted by atomic mass is 32.1. The summed E-state index contributed by atoms with van der Waals surface area (Å²) in [6, 6.07) is 59.7. The Balaban J connectivity index is 1.05. The number of benzene rings is 8. The predicted octanol–water partition coefficient (Wildman–Crippen LogP) is 13.4. The Kier molecular flexibility index (Phi) is 6.44. The molecule has 0 unspecified atom stereocenters. The minimum atomic E-state index is 0.604. The van der Waals surface area contributed by atoms with Gasteiger partial charge in [0.15, 0.2) is 17.5 Å². The summed E-state index contributed by atoms with van der Waals surface area (Å²) in [4.78, 5) is 15.4. The highest BCUT2D eigenvalue weighted by molar-refractivity contribution is 7.25. The monoisotopic (exact) mass is 720 g/mol. The number of para-hydroxylation sites is 1. The first-order valence-corrected chi connectivity index (χ1v) is 19.2. The van der Waals surface area contributed by atoms with E-state index in [9.17, 15) is 0 Å². The van der Waals surface area contributed by atoms with E-state index in [4.69, 9.17) is 19.4 Å². The van der Waals surface area contributed by atoms with Crippen LogP contribution in [0.15, 0.2) is 174 Å². The highest BCUT2D eigenvalue weighted by Crippen LogP contribution is 2.41. The summed E-state index contributed by atoms with van der Waals surface area (Å²) in [7, 11) is 0. The van der Waals surface area contributed by atoms with Crippen molar-refractivity contribution in [3.8, 4) is 39.9 Å². The molecular formula is C49H28N4OS. The highest BCUT2D eigenvalue weighted by Gasteiger charge is 2.20. The second-order valence-electron chi connectivity index (χ2n) is 14.0. The summed E-state index contributed by atoms with van der Waals surface area (Å²) in [5, 5.41) is 9.39. The van der Waals surface area contributed by atoms with Crippen molar-refractivity contribution in [3.63, 3.8) is 0 Å². The molecule has 0 N–H and O–H groups in total. The summed E-state index contributed by atoms with van der Waals surface area (Å²) in [5.74, 6) is 1.86. The van der Waals surface area contributed by atoms with Crippen LogP contribution in [0.25, 0.3) is 115 Å². The SMILES string of the molecule is c1ccc(-c2nc(-c3ccc4c(c3)sc3ccccc34)nc(-c3cccc4oc5cc(-n6c7ccccc7c7cc8ccccc8cc76)ccc5c34)n2)cc1. The van der Waals surface area contributed by atoms with Crippen LogP contribution in [0.1, 0.15) is 0 Å². The van der Waals surface area contributed by atoms with E-state index < -0.39 is 0 Å². The number of furan rings is 1. The molecule has 12 aromatic rings. The molecule has 0 aliphatic carbocycles. The van der Waals surface area contributed by atoms with E-state index in [2.05, 4.69) is 132 Å². The Bertz CT molecular complexity index is 3500. The Morgan fingerprint density at radius 3 is 2.02 bits per heavy atom. The Labute approximate surface area is 318 Å². The van der Waals surface area contributed by atoms with Crippen molar-refractivity contribution in [1.82, 2.24) is 19.5 Å². The van der Waals surface area contributed by atoms with Crippen molar-refractivity contribution in [2.75, 3.05) is 0 Å². The molecule has 0 atom stereocenters. The van der Waals surface area contributed by atoms with E-state index in [0.717, 1.165) is 55.3 Å². The van der Waals surface area contributed by atoms with Gasteiger partial charge >= 0.3 is 0 Å². The lowest BCUT2D eigenvalue weighted by Crippen LogP contribution is -2.00. The van der Waals surface area contributed by atoms with Crippen LogP contribution in [-0.2, 0) is 0 Å². The Hall–Kier alpha value is -7.15. The van der Waals surface area contributed by atoms with Crippen LogP contribution in [0, 0.1) is 0 Å². The van der Waals surface area contributed by atoms with Crippen LogP contribution < -0.4 is 0 Å². The third-order valence-electron chi connectivity index (χ3n) is 10.8. The topological polar surface area (TPSA) is 56.7 Å². The summed E-state index contributed by atoms with van der Waals surface area (Å²) < 4.78 is 11.5. The molecule has 256 valence electrons. The van der Waals surface area contributed by atoms with Crippen LogP contribution in [0.3, 0.4) is 0 Å². The van der Waals surface area contributed by atoms with Crippen molar-refractivity contribution in [2.45, 2.75) is 0 Å². The molecule has 55 heavy (non-hydrogen) atoms. The van der Waals surface area contributed by atoms with Gasteiger partial charge in [-0.3, -0.25) is 0 Å². The largest absolute Gasteiger partial charge is 0.456 e. The van der Waals surface area contributed by atoms with Gasteiger partial charge in [-0.1, -0.05) is 115 Å². The summed E-state index contributed by atoms with van der Waals surface area (Å²) in [6.45, 7) is 0. The van der Waals surface area contributed by atoms with Gasteiger partial charge in [-0.15, -0.1) is 11.3 Å². The second-order valence-corrected chi connectivity index (χ2v) is 15.1. The standard InChI is InChI=1S/C49H28N4OS/c1-2-11-29(12-3-1)47-50-48(32-21-23-36-35-16-7-9-20-44(35)55-45(36)27-32)52-49(51-47)38-17-10-19-42-46(38)37-24-22-33(28-43(37)54-42)53-40-18-8-6-15-34(40)39-25-30-13-4-5-14-31(30)26-41(39)53/h1-28H. The fourth-order valence-electron chi connectivity index (χ4n) is 8.28. The van der Waals surface area contributed by atoms with E-state index in [0.29, 0.717) is 17.5 Å². The van der Waals surface area contributed by atoms with Crippen LogP contribution >= 0.6 is 11.3 Å². The van der Waals surface area contributed by atoms with Gasteiger partial charge in [-0.2, -0.15) is 0 Å². The van der Waals surface area contributed by atoms with Crippen molar-refractivity contribution >= 4 is 86.0 Å². The number of hydrogen-bond donors (Lipinski definition) is 0. The third kappa shape index (κ3) is 4.68. The number of aromatic nitrogens is 4. The van der Waals surface area contributed by atoms with Crippen molar-refractivity contribution in [2.24, 2.45) is 0 Å². The van der Waals surface area contributed by atoms with Crippen LogP contribution in [0.5, 0.6) is 0 Å². The first-order chi connectivity index (χ1) is 27.2. The van der Waals surface area contributed by atoms with E-state index in [-0.39, 0.29) is 0 Å². The number of nitrogens with zero attached hydrogens (tertiary/aromatic N) is 4. The van der Waals surface area contributed by atoms with Crippen LogP contribution in [0.2, 0.25) is 0 Å². The molecule has 0 saturated carbocycles. The molecule has 0 bridgehead atoms. The number of fused-ring (bicyclic) bond motifs is 10. The second kappa shape index (κ2) is 11.7. The Morgan fingerprint density at radius 2 is 1.13 bits per heavy atom. The minimum absolute atomic E-state index is 0.604. The average molecular weight is 721 g/mol. The number of thiophene rings is 1. The van der Waals surface area contributed by atoms with Crippen molar-refractivity contribution in [1.29, 1.82) is 0 Å². The molecule has 0 aliphatic heterocycles. The van der Waals surface area contributed by atoms with Gasteiger partial charge in [0.2, 0.25) is 0 Å². The maximum absolute atomic E-state index is 6.67. The number of hydrogen-bond acceptors (Lipinski definition) is 5. The van der Waals surface area contributed by atoms with Crippen molar-refractivity contribution in [3.05, 3.63) is 170 Å². The fourth-order valence-corrected chi connectivity index (χ4v) is 9.43. The molecule has 0 saturated heterocycles. The molecule has 0 fully saturated rings. The molecule has 0 radical (unpaired) electrons. The van der Waals surface area contributed by atoms with Crippen molar-refractivity contribution < 1.29 is 4.42 Å². The van der Waals surface area contributed by atoms with Gasteiger partial charge in [0, 0.05) is 70.2 Å². The maximum atomic E-state index is 6.67. The molecular weight excluding hydrogens is 693 g/mol. The summed E-state index contributed by atoms with van der Waals surface area (Å²) >= 11 is 1.79. The zero-order valence-electron chi connectivity index (χ0n) is 29.3. The lowest BCUT2D eigenvalue weighted by molar-refractivity contribution is 0.668. The molecule has 0 amide bonds. The summed E-state index contributed by atoms with van der Waals surface area (Å²) in [6.07, 6.45) is 0. The van der Waals surface area contributed by atoms with Gasteiger partial charge in [0.05, 0.1) is 11.0 Å². The van der Waals surface area contributed by atoms with Crippen LogP contribution in [-0.4, -0.2) is 19.5 Å². The molecule has 8 aromatic carbocycles. The molecule has 5 nitrogen and oxygen atoms in total. The van der Waals surface area contributed by atoms with Gasteiger partial charge in [0.25, 0.3) is 0 Å². The van der Waals surface area contributed by atoms with Gasteiger partial charge in [-0.25, -0.2) is 15.0 Å². The predicted molar refractivity (Wildman–Crippen MR) is 228 cm³/mol. The number of rotatable bonds is 4. The molecule has 4 heterocycles. The third-order valence-corrected chi connectivity index (χ3v) is 12.0. The van der Waals surface area contributed by atoms with Gasteiger partial charge in [0.1, 0.15) is 11.2 Å². The maximum Gasteiger partial charge on any atom is 0.164 e. The summed E-state index contributed by atoms with van der Waals surface area (Å²) in [5.41, 5.74) is 7.74. The molecule has 6 heteroatoms. The average Bonchev–Trinajstić information content (AvgIpc) is 3.91. The van der Waals surface area contributed by atoms with E-state index in [1.807, 2.05) is 42.5 Å². The first kappa shape index (κ1) is 30.3. The molecule has 4 aromatic heterocycles. The molecule has 12 rings (SSSR count). The van der Waals surface area contributed by atoms with E-state index >= 15 is 0 Å². The van der Waals surface area contributed by atoms with E-state index in [1.165, 1.54) is 41.7 Å². The molecule has 0 aliphatic rings. The smallest absolute Gasteiger partial charge is 0.164 e. The fraction of sp³-hybridized carbons (Fsp3) is 0. The van der Waals surface area contributed by atoms with Gasteiger partial charge < -0.3 is 8.98 Å². The zero-order valence-corrected chi connectivity index (χ0v) is 30.1. The Morgan fingerprint density at radius 1 is 0.418 bits per heavy atom. The lowest BCUT2D eigenvalue weighted by atomic mass is 10.0. The molecule has 0 spiro atoms. The van der Waals surface area contributed by atoms with Crippen LogP contribution in [0.4, 0.5) is 0 Å². The quantitative estimate of drug-likeness (QED) is 0.182. The van der Waals surface area contributed by atoms with E-state index in [1.54, 1.807) is 11.3 Å². The first-order valence-electron chi connectivity index (χ1n) is 18.3. The minimum Gasteiger partial charge on any atom is -0.456 e. The lowest BCUT2D eigenvalue weighted by Gasteiger charge is -2.10.